The van der Waals surface area contributed by atoms with Crippen LogP contribution in [0.5, 0.6) is 0 Å². The van der Waals surface area contributed by atoms with Gasteiger partial charge in [-0.1, -0.05) is 23.2 Å². The first kappa shape index (κ1) is 13.8. The Morgan fingerprint density at radius 1 is 1.22 bits per heavy atom. The van der Waals surface area contributed by atoms with Crippen LogP contribution >= 0.6 is 39.1 Å². The second-order valence-corrected chi connectivity index (χ2v) is 5.70. The Kier molecular flexibility index (Phi) is 4.62. The van der Waals surface area contributed by atoms with Crippen molar-refractivity contribution in [3.8, 4) is 0 Å². The van der Waals surface area contributed by atoms with Gasteiger partial charge >= 0.3 is 0 Å². The van der Waals surface area contributed by atoms with Gasteiger partial charge in [-0.3, -0.25) is 4.98 Å². The lowest BCUT2D eigenvalue weighted by atomic mass is 10.0. The van der Waals surface area contributed by atoms with Gasteiger partial charge in [0.15, 0.2) is 0 Å². The number of halogens is 3. The number of hydrogen-bond donors (Lipinski definition) is 1. The number of hydrogen-bond acceptors (Lipinski definition) is 2. The van der Waals surface area contributed by atoms with Gasteiger partial charge in [0, 0.05) is 38.9 Å². The molecule has 0 fully saturated rings. The molecule has 2 nitrogen and oxygen atoms in total. The highest BCUT2D eigenvalue weighted by Gasteiger charge is 2.12. The zero-order valence-electron chi connectivity index (χ0n) is 9.41. The van der Waals surface area contributed by atoms with Gasteiger partial charge in [0.25, 0.3) is 0 Å². The molecular formula is C13H11BrCl2N2. The summed E-state index contributed by atoms with van der Waals surface area (Å²) in [6.45, 7) is 0. The van der Waals surface area contributed by atoms with Crippen LogP contribution in [-0.2, 0) is 6.42 Å². The number of aromatic nitrogens is 1. The highest BCUT2D eigenvalue weighted by atomic mass is 79.9. The maximum absolute atomic E-state index is 6.14. The molecule has 1 unspecified atom stereocenters. The third kappa shape index (κ3) is 3.45. The molecule has 0 aliphatic carbocycles. The minimum absolute atomic E-state index is 0.218. The standard InChI is InChI=1S/C13H11BrCl2N2/c14-8-1-3-10(18-7-8)6-13(17)11-5-9(15)2-4-12(11)16/h1-5,7,13H,6,17H2. The van der Waals surface area contributed by atoms with Gasteiger partial charge in [0.1, 0.15) is 0 Å². The SMILES string of the molecule is NC(Cc1ccc(Br)cn1)c1cc(Cl)ccc1Cl. The molecule has 0 aliphatic heterocycles. The molecular weight excluding hydrogens is 335 g/mol. The number of rotatable bonds is 3. The molecule has 0 amide bonds. The van der Waals surface area contributed by atoms with Crippen molar-refractivity contribution in [3.05, 3.63) is 62.3 Å². The van der Waals surface area contributed by atoms with E-state index < -0.39 is 0 Å². The van der Waals surface area contributed by atoms with E-state index in [0.29, 0.717) is 16.5 Å². The normalized spacial score (nSPS) is 12.4. The molecule has 2 rings (SSSR count). The summed E-state index contributed by atoms with van der Waals surface area (Å²) < 4.78 is 0.945. The van der Waals surface area contributed by atoms with Gasteiger partial charge in [-0.05, 0) is 51.8 Å². The zero-order valence-corrected chi connectivity index (χ0v) is 12.5. The van der Waals surface area contributed by atoms with Gasteiger partial charge in [-0.15, -0.1) is 0 Å². The highest BCUT2D eigenvalue weighted by molar-refractivity contribution is 9.10. The van der Waals surface area contributed by atoms with E-state index in [-0.39, 0.29) is 6.04 Å². The minimum Gasteiger partial charge on any atom is -0.324 e. The second-order valence-electron chi connectivity index (χ2n) is 3.94. The van der Waals surface area contributed by atoms with Crippen molar-refractivity contribution >= 4 is 39.1 Å². The van der Waals surface area contributed by atoms with Gasteiger partial charge in [-0.25, -0.2) is 0 Å². The van der Waals surface area contributed by atoms with Gasteiger partial charge in [0.05, 0.1) is 0 Å². The summed E-state index contributed by atoms with van der Waals surface area (Å²) in [5, 5.41) is 1.26. The highest BCUT2D eigenvalue weighted by Crippen LogP contribution is 2.27. The Morgan fingerprint density at radius 3 is 2.67 bits per heavy atom. The van der Waals surface area contributed by atoms with Crippen LogP contribution in [0.4, 0.5) is 0 Å². The number of nitrogens with zero attached hydrogens (tertiary/aromatic N) is 1. The summed E-state index contributed by atoms with van der Waals surface area (Å²) >= 11 is 15.4. The Morgan fingerprint density at radius 2 is 2.00 bits per heavy atom. The molecule has 0 saturated carbocycles. The fraction of sp³-hybridized carbons (Fsp3) is 0.154. The van der Waals surface area contributed by atoms with Crippen molar-refractivity contribution in [2.45, 2.75) is 12.5 Å². The Labute approximate surface area is 124 Å². The number of nitrogens with two attached hydrogens (primary N) is 1. The quantitative estimate of drug-likeness (QED) is 0.895. The van der Waals surface area contributed by atoms with Crippen LogP contribution in [0.25, 0.3) is 0 Å². The van der Waals surface area contributed by atoms with E-state index in [1.807, 2.05) is 12.1 Å². The summed E-state index contributed by atoms with van der Waals surface area (Å²) in [6.07, 6.45) is 2.37. The van der Waals surface area contributed by atoms with Crippen molar-refractivity contribution in [2.75, 3.05) is 0 Å². The molecule has 1 aromatic heterocycles. The van der Waals surface area contributed by atoms with Crippen LogP contribution in [0.1, 0.15) is 17.3 Å². The maximum atomic E-state index is 6.14. The van der Waals surface area contributed by atoms with Crippen LogP contribution in [0.3, 0.4) is 0 Å². The zero-order chi connectivity index (χ0) is 13.1. The van der Waals surface area contributed by atoms with E-state index in [2.05, 4.69) is 20.9 Å². The van der Waals surface area contributed by atoms with E-state index in [1.165, 1.54) is 0 Å². The first-order chi connectivity index (χ1) is 8.56. The largest absolute Gasteiger partial charge is 0.324 e. The molecule has 18 heavy (non-hydrogen) atoms. The topological polar surface area (TPSA) is 38.9 Å². The molecule has 1 atom stereocenters. The van der Waals surface area contributed by atoms with Crippen LogP contribution in [-0.4, -0.2) is 4.98 Å². The molecule has 0 radical (unpaired) electrons. The molecule has 2 N–H and O–H groups in total. The Hall–Kier alpha value is -0.610. The summed E-state index contributed by atoms with van der Waals surface area (Å²) in [7, 11) is 0. The van der Waals surface area contributed by atoms with Crippen LogP contribution in [0.15, 0.2) is 41.0 Å². The van der Waals surface area contributed by atoms with Crippen molar-refractivity contribution in [3.63, 3.8) is 0 Å². The third-order valence-corrected chi connectivity index (χ3v) is 3.62. The monoisotopic (exact) mass is 344 g/mol. The Balaban J connectivity index is 2.18. The first-order valence-corrected chi connectivity index (χ1v) is 6.92. The predicted octanol–water partition coefficient (Wildman–Crippen LogP) is 4.39. The lowest BCUT2D eigenvalue weighted by Gasteiger charge is -2.13. The second kappa shape index (κ2) is 6.02. The minimum atomic E-state index is -0.218. The average Bonchev–Trinajstić information content (AvgIpc) is 2.35. The lowest BCUT2D eigenvalue weighted by molar-refractivity contribution is 0.706. The molecule has 1 heterocycles. The summed E-state index contributed by atoms with van der Waals surface area (Å²) in [5.41, 5.74) is 7.90. The first-order valence-electron chi connectivity index (χ1n) is 5.37. The van der Waals surface area contributed by atoms with Crippen LogP contribution < -0.4 is 5.73 Å². The fourth-order valence-corrected chi connectivity index (χ4v) is 2.33. The molecule has 5 heteroatoms. The van der Waals surface area contributed by atoms with Crippen LogP contribution in [0, 0.1) is 0 Å². The lowest BCUT2D eigenvalue weighted by Crippen LogP contribution is -2.14. The predicted molar refractivity (Wildman–Crippen MR) is 79.0 cm³/mol. The molecule has 0 saturated heterocycles. The number of pyridine rings is 1. The summed E-state index contributed by atoms with van der Waals surface area (Å²) in [6, 6.07) is 8.96. The van der Waals surface area contributed by atoms with E-state index in [0.717, 1.165) is 15.7 Å². The van der Waals surface area contributed by atoms with E-state index >= 15 is 0 Å². The molecule has 0 bridgehead atoms. The van der Waals surface area contributed by atoms with Crippen molar-refractivity contribution in [1.82, 2.24) is 4.98 Å². The van der Waals surface area contributed by atoms with Crippen molar-refractivity contribution in [1.29, 1.82) is 0 Å². The molecule has 2 aromatic rings. The molecule has 94 valence electrons. The van der Waals surface area contributed by atoms with Crippen molar-refractivity contribution in [2.24, 2.45) is 5.73 Å². The van der Waals surface area contributed by atoms with Gasteiger partial charge in [-0.2, -0.15) is 0 Å². The summed E-state index contributed by atoms with van der Waals surface area (Å²) in [4.78, 5) is 4.29. The van der Waals surface area contributed by atoms with E-state index in [9.17, 15) is 0 Å². The van der Waals surface area contributed by atoms with E-state index in [4.69, 9.17) is 28.9 Å². The fourth-order valence-electron chi connectivity index (χ4n) is 1.66. The van der Waals surface area contributed by atoms with Crippen molar-refractivity contribution < 1.29 is 0 Å². The molecule has 0 aliphatic rings. The smallest absolute Gasteiger partial charge is 0.0454 e. The van der Waals surface area contributed by atoms with Gasteiger partial charge in [0.2, 0.25) is 0 Å². The van der Waals surface area contributed by atoms with E-state index in [1.54, 1.807) is 24.4 Å². The number of benzene rings is 1. The van der Waals surface area contributed by atoms with Crippen LogP contribution in [0.2, 0.25) is 10.0 Å². The maximum Gasteiger partial charge on any atom is 0.0454 e. The summed E-state index contributed by atoms with van der Waals surface area (Å²) in [5.74, 6) is 0. The average molecular weight is 346 g/mol. The Bertz CT molecular complexity index is 543. The van der Waals surface area contributed by atoms with Gasteiger partial charge < -0.3 is 5.73 Å². The molecule has 1 aromatic carbocycles. The molecule has 0 spiro atoms. The third-order valence-electron chi connectivity index (χ3n) is 2.58.